The van der Waals surface area contributed by atoms with Crippen LogP contribution in [0.1, 0.15) is 30.5 Å². The number of amides is 1. The number of benzene rings is 2. The van der Waals surface area contributed by atoms with Crippen LogP contribution in [-0.2, 0) is 25.4 Å². The summed E-state index contributed by atoms with van der Waals surface area (Å²) in [5.41, 5.74) is 1.96. The van der Waals surface area contributed by atoms with Gasteiger partial charge < -0.3 is 19.1 Å². The van der Waals surface area contributed by atoms with Crippen LogP contribution >= 0.6 is 23.2 Å². The monoisotopic (exact) mass is 522 g/mol. The van der Waals surface area contributed by atoms with Gasteiger partial charge in [-0.25, -0.2) is 0 Å². The van der Waals surface area contributed by atoms with E-state index in [1.165, 1.54) is 0 Å². The number of carbonyl (C=O) groups is 1. The van der Waals surface area contributed by atoms with Crippen LogP contribution in [-0.4, -0.2) is 81.5 Å². The Morgan fingerprint density at radius 1 is 1.06 bits per heavy atom. The number of hydrogen-bond acceptors (Lipinski definition) is 5. The van der Waals surface area contributed by atoms with Gasteiger partial charge in [-0.1, -0.05) is 59.6 Å². The van der Waals surface area contributed by atoms with Gasteiger partial charge in [-0.05, 0) is 36.6 Å². The molecule has 0 spiro atoms. The summed E-state index contributed by atoms with van der Waals surface area (Å²) in [6.45, 7) is 7.57. The Labute approximate surface area is 219 Å². The fourth-order valence-electron chi connectivity index (χ4n) is 4.23. The molecule has 1 unspecified atom stereocenters. The number of ether oxygens (including phenoxy) is 3. The topological polar surface area (TPSA) is 51.2 Å². The molecule has 2 aromatic carbocycles. The van der Waals surface area contributed by atoms with Crippen molar-refractivity contribution >= 4 is 29.1 Å². The van der Waals surface area contributed by atoms with Crippen LogP contribution in [0.2, 0.25) is 10.0 Å². The number of hydrogen-bond donors (Lipinski definition) is 0. The molecule has 0 aromatic heterocycles. The molecule has 2 atom stereocenters. The Hall–Kier alpha value is -1.67. The first-order chi connectivity index (χ1) is 17.0. The van der Waals surface area contributed by atoms with E-state index >= 15 is 0 Å². The van der Waals surface area contributed by atoms with E-state index in [0.29, 0.717) is 43.1 Å². The lowest BCUT2D eigenvalue weighted by Gasteiger charge is -2.32. The smallest absolute Gasteiger partial charge is 0.227 e. The molecule has 192 valence electrons. The lowest BCUT2D eigenvalue weighted by atomic mass is 10.0. The van der Waals surface area contributed by atoms with Crippen molar-refractivity contribution in [3.05, 3.63) is 69.7 Å². The number of likely N-dealkylation sites (tertiary alicyclic amines) is 1. The van der Waals surface area contributed by atoms with Crippen LogP contribution < -0.4 is 0 Å². The molecule has 1 fully saturated rings. The molecule has 1 aliphatic rings. The molecule has 1 aliphatic heterocycles. The Morgan fingerprint density at radius 2 is 1.80 bits per heavy atom. The highest BCUT2D eigenvalue weighted by molar-refractivity contribution is 6.42. The summed E-state index contributed by atoms with van der Waals surface area (Å²) >= 11 is 12.2. The summed E-state index contributed by atoms with van der Waals surface area (Å²) in [7, 11) is 1.88. The van der Waals surface area contributed by atoms with Gasteiger partial charge in [0.15, 0.2) is 0 Å². The van der Waals surface area contributed by atoms with E-state index in [1.54, 1.807) is 12.1 Å². The minimum absolute atomic E-state index is 0.0356. The molecule has 6 nitrogen and oxygen atoms in total. The molecule has 35 heavy (non-hydrogen) atoms. The summed E-state index contributed by atoms with van der Waals surface area (Å²) < 4.78 is 16.8. The third-order valence-electron chi connectivity index (χ3n) is 6.20. The minimum atomic E-state index is -0.0629. The van der Waals surface area contributed by atoms with Crippen molar-refractivity contribution in [2.75, 3.05) is 59.7 Å². The lowest BCUT2D eigenvalue weighted by Crippen LogP contribution is -2.39. The number of halogens is 2. The second kappa shape index (κ2) is 14.8. The number of nitrogens with zero attached hydrogens (tertiary/aromatic N) is 2. The number of carbonyl (C=O) groups excluding carboxylic acids is 1. The standard InChI is InChI=1S/C27H36Cl2N2O4/c1-3-33-13-14-34-15-16-35-23-11-12-31(19-23)20-26(22-7-5-4-6-8-22)30(2)27(32)18-21-9-10-24(28)25(29)17-21/h4-10,17,23,26H,3,11-16,18-20H2,1-2H3/t23?,26-/m1/s1. The Kier molecular flexibility index (Phi) is 11.8. The minimum Gasteiger partial charge on any atom is -0.379 e. The largest absolute Gasteiger partial charge is 0.379 e. The second-order valence-electron chi connectivity index (χ2n) is 8.71. The summed E-state index contributed by atoms with van der Waals surface area (Å²) in [5.74, 6) is 0.0356. The zero-order chi connectivity index (χ0) is 25.0. The number of rotatable bonds is 14. The summed E-state index contributed by atoms with van der Waals surface area (Å²) in [4.78, 5) is 17.4. The third-order valence-corrected chi connectivity index (χ3v) is 6.94. The van der Waals surface area contributed by atoms with Crippen molar-refractivity contribution in [3.8, 4) is 0 Å². The summed E-state index contributed by atoms with van der Waals surface area (Å²) in [6.07, 6.45) is 1.42. The first-order valence-corrected chi connectivity index (χ1v) is 13.0. The molecule has 0 saturated carbocycles. The van der Waals surface area contributed by atoms with Crippen molar-refractivity contribution in [3.63, 3.8) is 0 Å². The molecule has 0 N–H and O–H groups in total. The van der Waals surface area contributed by atoms with Gasteiger partial charge >= 0.3 is 0 Å². The van der Waals surface area contributed by atoms with Gasteiger partial charge in [-0.3, -0.25) is 9.69 Å². The van der Waals surface area contributed by atoms with Crippen molar-refractivity contribution in [1.82, 2.24) is 9.80 Å². The summed E-state index contributed by atoms with van der Waals surface area (Å²) in [5, 5.41) is 0.947. The third kappa shape index (κ3) is 9.05. The quantitative estimate of drug-likeness (QED) is 0.331. The molecule has 2 aromatic rings. The fourth-order valence-corrected chi connectivity index (χ4v) is 4.55. The van der Waals surface area contributed by atoms with Crippen LogP contribution in [0.25, 0.3) is 0 Å². The van der Waals surface area contributed by atoms with Gasteiger partial charge in [0.25, 0.3) is 0 Å². The van der Waals surface area contributed by atoms with Gasteiger partial charge in [-0.2, -0.15) is 0 Å². The SMILES string of the molecule is CCOCCOCCOC1CCN(C[C@H](c2ccccc2)N(C)C(=O)Cc2ccc(Cl)c(Cl)c2)C1. The van der Waals surface area contributed by atoms with E-state index in [0.717, 1.165) is 37.2 Å². The highest BCUT2D eigenvalue weighted by atomic mass is 35.5. The van der Waals surface area contributed by atoms with Crippen molar-refractivity contribution in [1.29, 1.82) is 0 Å². The van der Waals surface area contributed by atoms with Crippen LogP contribution in [0.5, 0.6) is 0 Å². The fraction of sp³-hybridized carbons (Fsp3) is 0.519. The highest BCUT2D eigenvalue weighted by Gasteiger charge is 2.29. The van der Waals surface area contributed by atoms with E-state index in [1.807, 2.05) is 43.1 Å². The van der Waals surface area contributed by atoms with Crippen molar-refractivity contribution < 1.29 is 19.0 Å². The van der Waals surface area contributed by atoms with E-state index in [2.05, 4.69) is 17.0 Å². The normalized spacial score (nSPS) is 17.0. The summed E-state index contributed by atoms with van der Waals surface area (Å²) in [6, 6.07) is 15.5. The Balaban J connectivity index is 1.54. The maximum Gasteiger partial charge on any atom is 0.227 e. The van der Waals surface area contributed by atoms with Crippen molar-refractivity contribution in [2.45, 2.75) is 31.9 Å². The average molecular weight is 524 g/mol. The molecule has 1 heterocycles. The lowest BCUT2D eigenvalue weighted by molar-refractivity contribution is -0.131. The maximum atomic E-state index is 13.2. The van der Waals surface area contributed by atoms with Gasteiger partial charge in [-0.15, -0.1) is 0 Å². The molecular weight excluding hydrogens is 487 g/mol. The molecule has 3 rings (SSSR count). The van der Waals surface area contributed by atoms with E-state index in [-0.39, 0.29) is 24.5 Å². The molecule has 8 heteroatoms. The molecule has 1 saturated heterocycles. The zero-order valence-electron chi connectivity index (χ0n) is 20.6. The van der Waals surface area contributed by atoms with Gasteiger partial charge in [0.1, 0.15) is 0 Å². The Morgan fingerprint density at radius 3 is 2.54 bits per heavy atom. The van der Waals surface area contributed by atoms with Crippen LogP contribution in [0.3, 0.4) is 0 Å². The van der Waals surface area contributed by atoms with E-state index in [4.69, 9.17) is 37.4 Å². The van der Waals surface area contributed by atoms with Gasteiger partial charge in [0.05, 0.1) is 55.0 Å². The molecule has 0 bridgehead atoms. The van der Waals surface area contributed by atoms with Gasteiger partial charge in [0, 0.05) is 33.3 Å². The average Bonchev–Trinajstić information content (AvgIpc) is 3.31. The predicted molar refractivity (Wildman–Crippen MR) is 140 cm³/mol. The zero-order valence-corrected chi connectivity index (χ0v) is 22.1. The Bertz CT molecular complexity index is 915. The maximum absolute atomic E-state index is 13.2. The van der Waals surface area contributed by atoms with E-state index in [9.17, 15) is 4.79 Å². The first-order valence-electron chi connectivity index (χ1n) is 12.2. The molecule has 0 radical (unpaired) electrons. The molecule has 1 amide bonds. The van der Waals surface area contributed by atoms with E-state index < -0.39 is 0 Å². The molecular formula is C27H36Cl2N2O4. The van der Waals surface area contributed by atoms with Crippen LogP contribution in [0, 0.1) is 0 Å². The highest BCUT2D eigenvalue weighted by Crippen LogP contribution is 2.26. The number of likely N-dealkylation sites (N-methyl/N-ethyl adjacent to an activating group) is 1. The van der Waals surface area contributed by atoms with Crippen molar-refractivity contribution in [2.24, 2.45) is 0 Å². The van der Waals surface area contributed by atoms with Crippen LogP contribution in [0.15, 0.2) is 48.5 Å². The first kappa shape index (κ1) is 27.9. The van der Waals surface area contributed by atoms with Gasteiger partial charge in [0.2, 0.25) is 5.91 Å². The van der Waals surface area contributed by atoms with Crippen LogP contribution in [0.4, 0.5) is 0 Å². The second-order valence-corrected chi connectivity index (χ2v) is 9.52. The predicted octanol–water partition coefficient (Wildman–Crippen LogP) is 4.88. The molecule has 0 aliphatic carbocycles.